The van der Waals surface area contributed by atoms with Crippen LogP contribution in [0.3, 0.4) is 0 Å². The molecule has 0 radical (unpaired) electrons. The Morgan fingerprint density at radius 3 is 2.35 bits per heavy atom. The molecule has 0 spiro atoms. The zero-order valence-electron chi connectivity index (χ0n) is 13.4. The Hall–Kier alpha value is -2.55. The smallest absolute Gasteiger partial charge is 0.360 e. The monoisotopic (exact) mass is 390 g/mol. The number of nitrogens with zero attached hydrogens (tertiary/aromatic N) is 4. The minimum absolute atomic E-state index is 0.0247. The lowest BCUT2D eigenvalue weighted by atomic mass is 10.1. The fourth-order valence-corrected chi connectivity index (χ4v) is 3.24. The number of benzene rings is 1. The van der Waals surface area contributed by atoms with Crippen LogP contribution in [0.5, 0.6) is 0 Å². The van der Waals surface area contributed by atoms with Crippen molar-refractivity contribution in [1.29, 1.82) is 5.26 Å². The van der Waals surface area contributed by atoms with Crippen molar-refractivity contribution in [2.24, 2.45) is 5.92 Å². The predicted octanol–water partition coefficient (Wildman–Crippen LogP) is 4.33. The number of anilines is 1. The topological polar surface area (TPSA) is 113 Å². The van der Waals surface area contributed by atoms with E-state index in [0.29, 0.717) is 0 Å². The fraction of sp³-hybridized carbons (Fsp3) is 0.500. The van der Waals surface area contributed by atoms with Gasteiger partial charge in [-0.2, -0.15) is 18.4 Å². The van der Waals surface area contributed by atoms with E-state index in [2.05, 4.69) is 0 Å². The molecule has 1 fully saturated rings. The third kappa shape index (κ3) is 3.98. The van der Waals surface area contributed by atoms with Crippen molar-refractivity contribution in [1.82, 2.24) is 0 Å². The number of nitro benzene ring substituents is 2. The quantitative estimate of drug-likeness (QED) is 0.295. The van der Waals surface area contributed by atoms with Gasteiger partial charge in [-0.1, -0.05) is 0 Å². The predicted molar refractivity (Wildman–Crippen MR) is 86.8 cm³/mol. The van der Waals surface area contributed by atoms with E-state index in [1.54, 1.807) is 6.92 Å². The Kier molecular flexibility index (Phi) is 5.60. The summed E-state index contributed by atoms with van der Waals surface area (Å²) in [4.78, 5) is 21.2. The number of halogens is 3. The molecule has 0 atom stereocenters. The summed E-state index contributed by atoms with van der Waals surface area (Å²) >= 11 is -0.0247. The average Bonchev–Trinajstić information content (AvgIpc) is 3.34. The van der Waals surface area contributed by atoms with Crippen molar-refractivity contribution in [2.75, 3.05) is 18.0 Å². The second-order valence-electron chi connectivity index (χ2n) is 5.66. The Bertz CT molecular complexity index is 790. The van der Waals surface area contributed by atoms with Crippen LogP contribution in [0.2, 0.25) is 0 Å². The number of thioether (sulfide) groups is 1. The molecule has 1 aromatic rings. The van der Waals surface area contributed by atoms with E-state index in [1.165, 1.54) is 10.3 Å². The molecule has 1 aromatic carbocycles. The molecule has 8 nitrogen and oxygen atoms in total. The van der Waals surface area contributed by atoms with Crippen LogP contribution in [0.15, 0.2) is 11.0 Å². The Morgan fingerprint density at radius 1 is 1.35 bits per heavy atom. The number of hydrogen-bond acceptors (Lipinski definition) is 7. The zero-order valence-corrected chi connectivity index (χ0v) is 14.3. The number of rotatable bonds is 7. The molecule has 2 rings (SSSR count). The van der Waals surface area contributed by atoms with E-state index in [0.717, 1.165) is 12.8 Å². The van der Waals surface area contributed by atoms with Crippen molar-refractivity contribution in [2.45, 2.75) is 30.8 Å². The third-order valence-corrected chi connectivity index (χ3v) is 4.62. The highest BCUT2D eigenvalue weighted by atomic mass is 32.2. The SMILES string of the molecule is CCN(CC1CC1)c1c([N+](=O)[O-])cc(C(F)(F)F)c(SC#N)c1[N+](=O)[O-]. The molecular weight excluding hydrogens is 377 g/mol. The zero-order chi connectivity index (χ0) is 19.6. The number of alkyl halides is 3. The van der Waals surface area contributed by atoms with E-state index in [-0.39, 0.29) is 36.8 Å². The molecule has 1 aliphatic carbocycles. The summed E-state index contributed by atoms with van der Waals surface area (Å²) in [7, 11) is 0. The first kappa shape index (κ1) is 19.8. The summed E-state index contributed by atoms with van der Waals surface area (Å²) < 4.78 is 39.9. The standard InChI is InChI=1S/C14H13F3N4O4S/c1-2-19(6-8-3-4-8)11-10(20(22)23)5-9(14(15,16)17)13(26-7-18)12(11)21(24)25/h5,8H,2-4,6H2,1H3. The molecule has 0 N–H and O–H groups in total. The third-order valence-electron chi connectivity index (χ3n) is 3.91. The van der Waals surface area contributed by atoms with Crippen LogP contribution in [0.25, 0.3) is 0 Å². The summed E-state index contributed by atoms with van der Waals surface area (Å²) in [5.41, 5.74) is -4.09. The maximum absolute atomic E-state index is 13.3. The van der Waals surface area contributed by atoms with E-state index in [9.17, 15) is 33.4 Å². The Labute approximate surface area is 149 Å². The van der Waals surface area contributed by atoms with Gasteiger partial charge in [-0.25, -0.2) is 0 Å². The summed E-state index contributed by atoms with van der Waals surface area (Å²) in [6.45, 7) is 2.00. The molecule has 12 heteroatoms. The van der Waals surface area contributed by atoms with Gasteiger partial charge in [-0.05, 0) is 37.4 Å². The van der Waals surface area contributed by atoms with Gasteiger partial charge in [-0.15, -0.1) is 0 Å². The highest BCUT2D eigenvalue weighted by Crippen LogP contribution is 2.50. The molecule has 1 aliphatic rings. The average molecular weight is 390 g/mol. The van der Waals surface area contributed by atoms with Gasteiger partial charge < -0.3 is 4.90 Å². The van der Waals surface area contributed by atoms with Crippen molar-refractivity contribution in [3.63, 3.8) is 0 Å². The molecule has 1 saturated carbocycles. The maximum Gasteiger partial charge on any atom is 0.418 e. The van der Waals surface area contributed by atoms with Crippen LogP contribution in [-0.2, 0) is 6.18 Å². The number of hydrogen-bond donors (Lipinski definition) is 0. The first-order chi connectivity index (χ1) is 12.1. The summed E-state index contributed by atoms with van der Waals surface area (Å²) in [6.07, 6.45) is -3.39. The van der Waals surface area contributed by atoms with Crippen molar-refractivity contribution >= 4 is 28.8 Å². The summed E-state index contributed by atoms with van der Waals surface area (Å²) in [5.74, 6) is 0.184. The van der Waals surface area contributed by atoms with Gasteiger partial charge in [0, 0.05) is 19.2 Å². The lowest BCUT2D eigenvalue weighted by molar-refractivity contribution is -0.395. The molecule has 0 bridgehead atoms. The molecular formula is C14H13F3N4O4S. The Morgan fingerprint density at radius 2 is 1.96 bits per heavy atom. The van der Waals surface area contributed by atoms with Gasteiger partial charge in [0.25, 0.3) is 5.69 Å². The van der Waals surface area contributed by atoms with Gasteiger partial charge in [0.1, 0.15) is 10.3 Å². The van der Waals surface area contributed by atoms with Gasteiger partial charge in [-0.3, -0.25) is 20.2 Å². The second kappa shape index (κ2) is 7.36. The van der Waals surface area contributed by atoms with E-state index in [1.807, 2.05) is 0 Å². The summed E-state index contributed by atoms with van der Waals surface area (Å²) in [6, 6.07) is 0.275. The molecule has 140 valence electrons. The highest BCUT2D eigenvalue weighted by molar-refractivity contribution is 8.04. The fourth-order valence-electron chi connectivity index (χ4n) is 2.60. The van der Waals surface area contributed by atoms with Gasteiger partial charge in [0.2, 0.25) is 0 Å². The van der Waals surface area contributed by atoms with E-state index in [4.69, 9.17) is 5.26 Å². The van der Waals surface area contributed by atoms with Crippen molar-refractivity contribution < 1.29 is 23.0 Å². The lowest BCUT2D eigenvalue weighted by Gasteiger charge is -2.24. The van der Waals surface area contributed by atoms with Gasteiger partial charge in [0.15, 0.2) is 5.69 Å². The lowest BCUT2D eigenvalue weighted by Crippen LogP contribution is -2.27. The van der Waals surface area contributed by atoms with Crippen molar-refractivity contribution in [3.8, 4) is 5.40 Å². The van der Waals surface area contributed by atoms with Crippen molar-refractivity contribution in [3.05, 3.63) is 31.9 Å². The van der Waals surface area contributed by atoms with Crippen LogP contribution in [0.4, 0.5) is 30.2 Å². The van der Waals surface area contributed by atoms with E-state index >= 15 is 0 Å². The minimum Gasteiger partial charge on any atom is -0.360 e. The molecule has 0 aliphatic heterocycles. The molecule has 0 unspecified atom stereocenters. The number of thiocyanates is 1. The normalized spacial score (nSPS) is 14.0. The van der Waals surface area contributed by atoms with Crippen LogP contribution in [-0.4, -0.2) is 22.9 Å². The number of nitro groups is 2. The molecule has 0 aromatic heterocycles. The number of nitriles is 1. The minimum atomic E-state index is -5.08. The molecule has 26 heavy (non-hydrogen) atoms. The second-order valence-corrected chi connectivity index (χ2v) is 6.45. The first-order valence-electron chi connectivity index (χ1n) is 7.49. The van der Waals surface area contributed by atoms with Gasteiger partial charge in [0.05, 0.1) is 15.4 Å². The largest absolute Gasteiger partial charge is 0.418 e. The maximum atomic E-state index is 13.3. The van der Waals surface area contributed by atoms with E-state index < -0.39 is 43.5 Å². The molecule has 0 amide bonds. The summed E-state index contributed by atoms with van der Waals surface area (Å²) in [5, 5.41) is 33.2. The van der Waals surface area contributed by atoms with Gasteiger partial charge >= 0.3 is 11.9 Å². The first-order valence-corrected chi connectivity index (χ1v) is 8.31. The highest BCUT2D eigenvalue weighted by Gasteiger charge is 2.44. The molecule has 0 heterocycles. The van der Waals surface area contributed by atoms with Crippen LogP contribution < -0.4 is 4.90 Å². The van der Waals surface area contributed by atoms with Crippen LogP contribution in [0, 0.1) is 36.8 Å². The van der Waals surface area contributed by atoms with Crippen LogP contribution in [0.1, 0.15) is 25.3 Å². The molecule has 0 saturated heterocycles. The Balaban J connectivity index is 2.86. The van der Waals surface area contributed by atoms with Crippen LogP contribution >= 0.6 is 11.8 Å².